The molecule has 0 aliphatic carbocycles. The third-order valence-electron chi connectivity index (χ3n) is 5.36. The number of fused-ring (bicyclic) bond motifs is 3. The first-order chi connectivity index (χ1) is 12.7. The molecule has 3 nitrogen and oxygen atoms in total. The molecule has 0 saturated carbocycles. The van der Waals surface area contributed by atoms with Gasteiger partial charge in [0.05, 0.1) is 12.0 Å². The zero-order chi connectivity index (χ0) is 17.9. The number of hydrogen-bond acceptors (Lipinski definition) is 2. The molecule has 1 atom stereocenters. The number of nitriles is 1. The summed E-state index contributed by atoms with van der Waals surface area (Å²) < 4.78 is 13.1. The van der Waals surface area contributed by atoms with Crippen LogP contribution in [0.25, 0.3) is 10.9 Å². The molecule has 3 aromatic rings. The molecule has 132 valence electrons. The highest BCUT2D eigenvalue weighted by atomic mass is 19.1. The van der Waals surface area contributed by atoms with Crippen molar-refractivity contribution in [1.82, 2.24) is 9.88 Å². The molecule has 2 heterocycles. The zero-order valence-corrected chi connectivity index (χ0v) is 14.7. The highest BCUT2D eigenvalue weighted by Crippen LogP contribution is 2.28. The molecular weight excluding hydrogens is 325 g/mol. The van der Waals surface area contributed by atoms with Gasteiger partial charge in [0.15, 0.2) is 0 Å². The lowest BCUT2D eigenvalue weighted by Crippen LogP contribution is -2.31. The van der Waals surface area contributed by atoms with Crippen molar-refractivity contribution in [2.45, 2.75) is 31.7 Å². The molecular formula is C22H22FN3. The van der Waals surface area contributed by atoms with Crippen molar-refractivity contribution in [3.8, 4) is 6.07 Å². The highest BCUT2D eigenvalue weighted by molar-refractivity contribution is 5.84. The van der Waals surface area contributed by atoms with E-state index in [9.17, 15) is 9.65 Å². The molecule has 1 N–H and O–H groups in total. The lowest BCUT2D eigenvalue weighted by Gasteiger charge is -2.27. The highest BCUT2D eigenvalue weighted by Gasteiger charge is 2.20. The first-order valence-electron chi connectivity index (χ1n) is 9.20. The Labute approximate surface area is 153 Å². The standard InChI is InChI=1S/C22H22FN3/c23-18-9-7-16(8-10-18)17(14-24)4-3-12-26-13-11-22-20(15-26)19-5-1-2-6-21(19)25-22/h1-2,5-10,17,25H,3-4,11-13,15H2. The van der Waals surface area contributed by atoms with Crippen molar-refractivity contribution in [2.75, 3.05) is 13.1 Å². The summed E-state index contributed by atoms with van der Waals surface area (Å²) in [6, 6.07) is 17.2. The summed E-state index contributed by atoms with van der Waals surface area (Å²) in [6.45, 7) is 3.00. The van der Waals surface area contributed by atoms with Gasteiger partial charge in [-0.25, -0.2) is 4.39 Å². The first kappa shape index (κ1) is 16.8. The van der Waals surface area contributed by atoms with Gasteiger partial charge in [-0.05, 0) is 48.7 Å². The average molecular weight is 347 g/mol. The molecule has 1 aliphatic heterocycles. The fourth-order valence-corrected chi connectivity index (χ4v) is 3.93. The summed E-state index contributed by atoms with van der Waals surface area (Å²) in [7, 11) is 0. The van der Waals surface area contributed by atoms with Crippen molar-refractivity contribution in [2.24, 2.45) is 0 Å². The number of para-hydroxylation sites is 1. The smallest absolute Gasteiger partial charge is 0.123 e. The van der Waals surface area contributed by atoms with Crippen LogP contribution in [0.3, 0.4) is 0 Å². The van der Waals surface area contributed by atoms with Crippen LogP contribution in [0, 0.1) is 17.1 Å². The summed E-state index contributed by atoms with van der Waals surface area (Å²) in [6.07, 6.45) is 2.82. The molecule has 0 saturated heterocycles. The SMILES string of the molecule is N#CC(CCCN1CCc2[nH]c3ccccc3c2C1)c1ccc(F)cc1. The van der Waals surface area contributed by atoms with Crippen molar-refractivity contribution in [3.63, 3.8) is 0 Å². The van der Waals surface area contributed by atoms with Crippen LogP contribution in [0.2, 0.25) is 0 Å². The number of halogens is 1. The van der Waals surface area contributed by atoms with E-state index in [0.717, 1.165) is 44.5 Å². The van der Waals surface area contributed by atoms with Gasteiger partial charge in [0.2, 0.25) is 0 Å². The maximum atomic E-state index is 13.1. The predicted molar refractivity (Wildman–Crippen MR) is 101 cm³/mol. The van der Waals surface area contributed by atoms with Gasteiger partial charge in [-0.15, -0.1) is 0 Å². The lowest BCUT2D eigenvalue weighted by atomic mass is 9.95. The summed E-state index contributed by atoms with van der Waals surface area (Å²) in [4.78, 5) is 6.02. The average Bonchev–Trinajstić information content (AvgIpc) is 3.04. The minimum absolute atomic E-state index is 0.163. The molecule has 0 amide bonds. The first-order valence-corrected chi connectivity index (χ1v) is 9.20. The van der Waals surface area contributed by atoms with Crippen molar-refractivity contribution >= 4 is 10.9 Å². The molecule has 0 fully saturated rings. The van der Waals surface area contributed by atoms with Gasteiger partial charge in [0, 0.05) is 36.1 Å². The maximum Gasteiger partial charge on any atom is 0.123 e. The predicted octanol–water partition coefficient (Wildman–Crippen LogP) is 4.75. The quantitative estimate of drug-likeness (QED) is 0.723. The van der Waals surface area contributed by atoms with Crippen LogP contribution in [-0.2, 0) is 13.0 Å². The van der Waals surface area contributed by atoms with Gasteiger partial charge in [-0.3, -0.25) is 4.90 Å². The molecule has 1 unspecified atom stereocenters. The summed E-state index contributed by atoms with van der Waals surface area (Å²) in [5.41, 5.74) is 4.91. The Bertz CT molecular complexity index is 936. The Morgan fingerprint density at radius 3 is 2.77 bits per heavy atom. The summed E-state index contributed by atoms with van der Waals surface area (Å²) in [5.74, 6) is -0.419. The number of nitrogens with zero attached hydrogens (tertiary/aromatic N) is 2. The van der Waals surface area contributed by atoms with Gasteiger partial charge >= 0.3 is 0 Å². The number of rotatable bonds is 5. The molecule has 4 heteroatoms. The molecule has 0 radical (unpaired) electrons. The minimum atomic E-state index is -0.256. The van der Waals surface area contributed by atoms with E-state index in [0.29, 0.717) is 0 Å². The zero-order valence-electron chi connectivity index (χ0n) is 14.7. The fourth-order valence-electron chi connectivity index (χ4n) is 3.93. The van der Waals surface area contributed by atoms with E-state index in [1.165, 1.54) is 34.3 Å². The van der Waals surface area contributed by atoms with Crippen LogP contribution in [0.4, 0.5) is 4.39 Å². The Morgan fingerprint density at radius 1 is 1.15 bits per heavy atom. The number of aromatic amines is 1. The number of benzene rings is 2. The summed E-state index contributed by atoms with van der Waals surface area (Å²) in [5, 5.41) is 10.8. The van der Waals surface area contributed by atoms with E-state index < -0.39 is 0 Å². The van der Waals surface area contributed by atoms with Gasteiger partial charge in [-0.2, -0.15) is 5.26 Å². The van der Waals surface area contributed by atoms with Crippen LogP contribution in [0.5, 0.6) is 0 Å². The Kier molecular flexibility index (Phi) is 4.73. The van der Waals surface area contributed by atoms with E-state index >= 15 is 0 Å². The largest absolute Gasteiger partial charge is 0.358 e. The van der Waals surface area contributed by atoms with E-state index in [1.807, 2.05) is 0 Å². The molecule has 26 heavy (non-hydrogen) atoms. The Balaban J connectivity index is 1.37. The van der Waals surface area contributed by atoms with Gasteiger partial charge in [0.1, 0.15) is 5.82 Å². The Morgan fingerprint density at radius 2 is 1.96 bits per heavy atom. The van der Waals surface area contributed by atoms with Crippen LogP contribution >= 0.6 is 0 Å². The molecule has 0 bridgehead atoms. The van der Waals surface area contributed by atoms with Crippen molar-refractivity contribution in [3.05, 3.63) is 71.2 Å². The second-order valence-corrected chi connectivity index (χ2v) is 7.03. The van der Waals surface area contributed by atoms with E-state index in [-0.39, 0.29) is 11.7 Å². The second kappa shape index (κ2) is 7.31. The summed E-state index contributed by atoms with van der Waals surface area (Å²) >= 11 is 0. The number of aromatic nitrogens is 1. The second-order valence-electron chi connectivity index (χ2n) is 7.03. The van der Waals surface area contributed by atoms with E-state index in [2.05, 4.69) is 40.2 Å². The van der Waals surface area contributed by atoms with Gasteiger partial charge in [0.25, 0.3) is 0 Å². The maximum absolute atomic E-state index is 13.1. The normalized spacial score (nSPS) is 15.5. The minimum Gasteiger partial charge on any atom is -0.358 e. The molecule has 2 aromatic carbocycles. The molecule has 0 spiro atoms. The fraction of sp³-hybridized carbons (Fsp3) is 0.318. The number of nitrogens with one attached hydrogen (secondary N) is 1. The van der Waals surface area contributed by atoms with Gasteiger partial charge in [-0.1, -0.05) is 30.3 Å². The number of H-pyrrole nitrogens is 1. The topological polar surface area (TPSA) is 42.8 Å². The van der Waals surface area contributed by atoms with Crippen LogP contribution in [0.1, 0.15) is 35.6 Å². The van der Waals surface area contributed by atoms with Crippen LogP contribution in [0.15, 0.2) is 48.5 Å². The molecule has 1 aromatic heterocycles. The molecule has 4 rings (SSSR count). The van der Waals surface area contributed by atoms with E-state index in [4.69, 9.17) is 0 Å². The Hall–Kier alpha value is -2.64. The molecule has 1 aliphatic rings. The van der Waals surface area contributed by atoms with Crippen LogP contribution < -0.4 is 0 Å². The van der Waals surface area contributed by atoms with Crippen molar-refractivity contribution < 1.29 is 4.39 Å². The lowest BCUT2D eigenvalue weighted by molar-refractivity contribution is 0.248. The van der Waals surface area contributed by atoms with Crippen LogP contribution in [-0.4, -0.2) is 23.0 Å². The van der Waals surface area contributed by atoms with E-state index in [1.54, 1.807) is 12.1 Å². The number of hydrogen-bond donors (Lipinski definition) is 1. The van der Waals surface area contributed by atoms with Gasteiger partial charge < -0.3 is 4.98 Å². The van der Waals surface area contributed by atoms with Crippen molar-refractivity contribution in [1.29, 1.82) is 5.26 Å². The third kappa shape index (κ3) is 3.36. The monoisotopic (exact) mass is 347 g/mol. The third-order valence-corrected chi connectivity index (χ3v) is 5.36.